The van der Waals surface area contributed by atoms with Crippen LogP contribution in [0.4, 0.5) is 0 Å². The Morgan fingerprint density at radius 1 is 1.25 bits per heavy atom. The van der Waals surface area contributed by atoms with Crippen LogP contribution in [0.3, 0.4) is 0 Å². The molecule has 0 amide bonds. The van der Waals surface area contributed by atoms with E-state index in [0.29, 0.717) is 17.9 Å². The highest BCUT2D eigenvalue weighted by Crippen LogP contribution is 2.27. The van der Waals surface area contributed by atoms with Crippen LogP contribution in [-0.4, -0.2) is 22.4 Å². The summed E-state index contributed by atoms with van der Waals surface area (Å²) in [5, 5.41) is 9.01. The molecule has 0 spiro atoms. The number of aryl methyl sites for hydroxylation is 2. The van der Waals surface area contributed by atoms with E-state index < -0.39 is 0 Å². The minimum Gasteiger partial charge on any atom is -0.314 e. The normalized spacial score (nSPS) is 14.8. The molecule has 20 heavy (non-hydrogen) atoms. The van der Waals surface area contributed by atoms with Crippen molar-refractivity contribution < 1.29 is 0 Å². The minimum absolute atomic E-state index is 0.492. The van der Waals surface area contributed by atoms with E-state index in [1.807, 2.05) is 11.7 Å². The van der Waals surface area contributed by atoms with Crippen molar-refractivity contribution in [1.82, 2.24) is 15.1 Å². The van der Waals surface area contributed by atoms with Crippen LogP contribution in [-0.2, 0) is 19.9 Å². The van der Waals surface area contributed by atoms with Crippen molar-refractivity contribution in [3.05, 3.63) is 16.4 Å². The van der Waals surface area contributed by atoms with Gasteiger partial charge in [0.15, 0.2) is 0 Å². The first-order valence-electron chi connectivity index (χ1n) is 7.85. The summed E-state index contributed by atoms with van der Waals surface area (Å²) in [4.78, 5) is 0. The van der Waals surface area contributed by atoms with Crippen LogP contribution in [0.2, 0.25) is 5.02 Å². The van der Waals surface area contributed by atoms with Crippen LogP contribution in [0.1, 0.15) is 52.4 Å². The molecule has 1 rings (SSSR count). The molecule has 4 heteroatoms. The van der Waals surface area contributed by atoms with Crippen LogP contribution in [0, 0.1) is 11.8 Å². The van der Waals surface area contributed by atoms with Gasteiger partial charge < -0.3 is 5.32 Å². The molecule has 0 fully saturated rings. The summed E-state index contributed by atoms with van der Waals surface area (Å²) >= 11 is 6.48. The number of hydrogen-bond donors (Lipinski definition) is 1. The molecule has 0 aliphatic rings. The standard InChI is InChI=1S/C16H30ClN3/c1-7-9-18-12(5)13(11(3)4)10-15-16(17)14(8-2)19-20(15)6/h11-13,18H,7-10H2,1-6H3. The highest BCUT2D eigenvalue weighted by Gasteiger charge is 2.24. The lowest BCUT2D eigenvalue weighted by Crippen LogP contribution is -2.38. The molecule has 1 heterocycles. The van der Waals surface area contributed by atoms with E-state index in [1.165, 1.54) is 12.1 Å². The van der Waals surface area contributed by atoms with Gasteiger partial charge in [-0.15, -0.1) is 0 Å². The summed E-state index contributed by atoms with van der Waals surface area (Å²) < 4.78 is 1.96. The molecule has 0 aliphatic heterocycles. The summed E-state index contributed by atoms with van der Waals surface area (Å²) in [7, 11) is 2.00. The average molecular weight is 300 g/mol. The molecule has 0 saturated heterocycles. The zero-order valence-corrected chi connectivity index (χ0v) is 14.6. The third kappa shape index (κ3) is 4.23. The van der Waals surface area contributed by atoms with Crippen molar-refractivity contribution in [2.45, 2.75) is 59.9 Å². The second-order valence-electron chi connectivity index (χ2n) is 6.04. The maximum Gasteiger partial charge on any atom is 0.0849 e. The molecule has 0 saturated carbocycles. The van der Waals surface area contributed by atoms with E-state index in [1.54, 1.807) is 0 Å². The minimum atomic E-state index is 0.492. The molecule has 0 aliphatic carbocycles. The summed E-state index contributed by atoms with van der Waals surface area (Å²) in [5.74, 6) is 1.18. The van der Waals surface area contributed by atoms with Gasteiger partial charge in [-0.25, -0.2) is 0 Å². The summed E-state index contributed by atoms with van der Waals surface area (Å²) in [6, 6.07) is 0.492. The molecule has 2 atom stereocenters. The molecular weight excluding hydrogens is 270 g/mol. The second-order valence-corrected chi connectivity index (χ2v) is 6.42. The molecule has 0 bridgehead atoms. The van der Waals surface area contributed by atoms with Crippen LogP contribution in [0.5, 0.6) is 0 Å². The molecule has 3 nitrogen and oxygen atoms in total. The van der Waals surface area contributed by atoms with E-state index >= 15 is 0 Å². The lowest BCUT2D eigenvalue weighted by Gasteiger charge is -2.28. The Kier molecular flexibility index (Phi) is 7.04. The number of halogens is 1. The Hall–Kier alpha value is -0.540. The molecule has 0 aromatic carbocycles. The zero-order chi connectivity index (χ0) is 15.3. The predicted molar refractivity (Wildman–Crippen MR) is 87.4 cm³/mol. The van der Waals surface area contributed by atoms with Gasteiger partial charge in [-0.2, -0.15) is 5.10 Å². The molecular formula is C16H30ClN3. The van der Waals surface area contributed by atoms with Gasteiger partial charge in [-0.05, 0) is 44.6 Å². The second kappa shape index (κ2) is 8.04. The Morgan fingerprint density at radius 3 is 2.35 bits per heavy atom. The number of nitrogens with zero attached hydrogens (tertiary/aromatic N) is 2. The third-order valence-corrected chi connectivity index (χ3v) is 4.58. The molecule has 1 aromatic heterocycles. The van der Waals surface area contributed by atoms with Gasteiger partial charge in [-0.3, -0.25) is 4.68 Å². The molecule has 1 N–H and O–H groups in total. The van der Waals surface area contributed by atoms with Crippen molar-refractivity contribution in [2.24, 2.45) is 18.9 Å². The van der Waals surface area contributed by atoms with Crippen molar-refractivity contribution in [2.75, 3.05) is 6.54 Å². The summed E-state index contributed by atoms with van der Waals surface area (Å²) in [5.41, 5.74) is 2.19. The Morgan fingerprint density at radius 2 is 1.90 bits per heavy atom. The lowest BCUT2D eigenvalue weighted by molar-refractivity contribution is 0.284. The van der Waals surface area contributed by atoms with E-state index in [9.17, 15) is 0 Å². The highest BCUT2D eigenvalue weighted by atomic mass is 35.5. The smallest absolute Gasteiger partial charge is 0.0849 e. The largest absolute Gasteiger partial charge is 0.314 e. The summed E-state index contributed by atoms with van der Waals surface area (Å²) in [6.45, 7) is 12.2. The monoisotopic (exact) mass is 299 g/mol. The van der Waals surface area contributed by atoms with E-state index in [2.05, 4.69) is 45.0 Å². The van der Waals surface area contributed by atoms with E-state index in [0.717, 1.165) is 30.1 Å². The molecule has 0 radical (unpaired) electrons. The first kappa shape index (κ1) is 17.5. The van der Waals surface area contributed by atoms with Gasteiger partial charge in [0.05, 0.1) is 16.4 Å². The van der Waals surface area contributed by atoms with Gasteiger partial charge in [0.1, 0.15) is 0 Å². The van der Waals surface area contributed by atoms with Crippen LogP contribution >= 0.6 is 11.6 Å². The zero-order valence-electron chi connectivity index (χ0n) is 13.8. The van der Waals surface area contributed by atoms with Gasteiger partial charge in [0.2, 0.25) is 0 Å². The molecule has 1 aromatic rings. The number of rotatable bonds is 8. The fourth-order valence-electron chi connectivity index (χ4n) is 2.78. The topological polar surface area (TPSA) is 29.9 Å². The number of hydrogen-bond acceptors (Lipinski definition) is 2. The van der Waals surface area contributed by atoms with Gasteiger partial charge in [0, 0.05) is 13.1 Å². The van der Waals surface area contributed by atoms with Crippen LogP contribution in [0.15, 0.2) is 0 Å². The SMILES string of the molecule is CCCNC(C)C(Cc1c(Cl)c(CC)nn1C)C(C)C. The van der Waals surface area contributed by atoms with Gasteiger partial charge in [0.25, 0.3) is 0 Å². The Bertz CT molecular complexity index is 412. The maximum absolute atomic E-state index is 6.48. The highest BCUT2D eigenvalue weighted by molar-refractivity contribution is 6.31. The Labute approximate surface area is 129 Å². The van der Waals surface area contributed by atoms with Gasteiger partial charge >= 0.3 is 0 Å². The maximum atomic E-state index is 6.48. The van der Waals surface area contributed by atoms with Gasteiger partial charge in [-0.1, -0.05) is 39.3 Å². The van der Waals surface area contributed by atoms with Crippen molar-refractivity contribution in [3.63, 3.8) is 0 Å². The third-order valence-electron chi connectivity index (χ3n) is 4.15. The first-order chi connectivity index (χ1) is 9.42. The fraction of sp³-hybridized carbons (Fsp3) is 0.812. The lowest BCUT2D eigenvalue weighted by atomic mass is 9.85. The van der Waals surface area contributed by atoms with E-state index in [-0.39, 0.29) is 0 Å². The van der Waals surface area contributed by atoms with Crippen molar-refractivity contribution in [3.8, 4) is 0 Å². The van der Waals surface area contributed by atoms with Crippen molar-refractivity contribution in [1.29, 1.82) is 0 Å². The average Bonchev–Trinajstić information content (AvgIpc) is 2.67. The van der Waals surface area contributed by atoms with Crippen LogP contribution in [0.25, 0.3) is 0 Å². The molecule has 116 valence electrons. The molecule has 2 unspecified atom stereocenters. The number of nitrogens with one attached hydrogen (secondary N) is 1. The van der Waals surface area contributed by atoms with E-state index in [4.69, 9.17) is 11.6 Å². The first-order valence-corrected chi connectivity index (χ1v) is 8.23. The van der Waals surface area contributed by atoms with Crippen molar-refractivity contribution >= 4 is 11.6 Å². The predicted octanol–water partition coefficient (Wildman–Crippen LogP) is 3.84. The fourth-order valence-corrected chi connectivity index (χ4v) is 3.15. The quantitative estimate of drug-likeness (QED) is 0.790. The van der Waals surface area contributed by atoms with Crippen LogP contribution < -0.4 is 5.32 Å². The summed E-state index contributed by atoms with van der Waals surface area (Å²) in [6.07, 6.45) is 3.04. The number of aromatic nitrogens is 2. The Balaban J connectivity index is 2.88.